The highest BCUT2D eigenvalue weighted by molar-refractivity contribution is 5.85. The molecule has 1 nitrogen and oxygen atoms in total. The second kappa shape index (κ2) is 6.48. The van der Waals surface area contributed by atoms with E-state index in [0.29, 0.717) is 11.3 Å². The van der Waals surface area contributed by atoms with Crippen LogP contribution in [0, 0.1) is 17.5 Å². The predicted molar refractivity (Wildman–Crippen MR) is 85.4 cm³/mol. The fourth-order valence-corrected chi connectivity index (χ4v) is 2.22. The Hall–Kier alpha value is -2.88. The molecule has 0 unspecified atom stereocenters. The first-order valence-electron chi connectivity index (χ1n) is 6.98. The van der Waals surface area contributed by atoms with E-state index in [1.807, 2.05) is 30.3 Å². The molecule has 23 heavy (non-hydrogen) atoms. The summed E-state index contributed by atoms with van der Waals surface area (Å²) in [5.74, 6) is -3.91. The van der Waals surface area contributed by atoms with Gasteiger partial charge in [0.05, 0.1) is 5.69 Å². The van der Waals surface area contributed by atoms with Crippen molar-refractivity contribution in [3.63, 3.8) is 0 Å². The maximum Gasteiger partial charge on any atom is 0.194 e. The van der Waals surface area contributed by atoms with E-state index in [9.17, 15) is 13.2 Å². The number of aliphatic imine (C=N–C) groups is 1. The Kier molecular flexibility index (Phi) is 4.24. The molecule has 114 valence electrons. The maximum atomic E-state index is 13.5. The summed E-state index contributed by atoms with van der Waals surface area (Å²) in [4.78, 5) is 4.37. The minimum atomic E-state index is -1.47. The van der Waals surface area contributed by atoms with Crippen LogP contribution in [0.5, 0.6) is 0 Å². The molecule has 0 N–H and O–H groups in total. The van der Waals surface area contributed by atoms with E-state index < -0.39 is 17.5 Å². The molecule has 3 aromatic carbocycles. The lowest BCUT2D eigenvalue weighted by Crippen LogP contribution is -1.92. The lowest BCUT2D eigenvalue weighted by Gasteiger charge is -2.07. The summed E-state index contributed by atoms with van der Waals surface area (Å²) >= 11 is 0. The van der Waals surface area contributed by atoms with Gasteiger partial charge in [0.15, 0.2) is 17.5 Å². The Morgan fingerprint density at radius 2 is 1.35 bits per heavy atom. The quantitative estimate of drug-likeness (QED) is 0.446. The predicted octanol–water partition coefficient (Wildman–Crippen LogP) is 5.52. The van der Waals surface area contributed by atoms with E-state index in [1.165, 1.54) is 0 Å². The van der Waals surface area contributed by atoms with Gasteiger partial charge in [-0.05, 0) is 29.3 Å². The van der Waals surface area contributed by atoms with E-state index in [0.717, 1.165) is 17.7 Å². The zero-order chi connectivity index (χ0) is 16.2. The Morgan fingerprint density at radius 1 is 0.739 bits per heavy atom. The number of benzene rings is 3. The van der Waals surface area contributed by atoms with Gasteiger partial charge in [-0.3, -0.25) is 4.99 Å². The van der Waals surface area contributed by atoms with Crippen LogP contribution in [0.1, 0.15) is 5.56 Å². The van der Waals surface area contributed by atoms with Crippen molar-refractivity contribution < 1.29 is 13.2 Å². The molecule has 0 atom stereocenters. The van der Waals surface area contributed by atoms with Gasteiger partial charge in [0.2, 0.25) is 0 Å². The minimum absolute atomic E-state index is 0.238. The Bertz CT molecular complexity index is 834. The van der Waals surface area contributed by atoms with Gasteiger partial charge >= 0.3 is 0 Å². The highest BCUT2D eigenvalue weighted by Gasteiger charge is 2.13. The molecule has 3 rings (SSSR count). The number of hydrogen-bond donors (Lipinski definition) is 0. The molecule has 0 aliphatic heterocycles. The van der Waals surface area contributed by atoms with Crippen molar-refractivity contribution in [1.82, 2.24) is 0 Å². The molecule has 3 aromatic rings. The van der Waals surface area contributed by atoms with Crippen molar-refractivity contribution in [3.8, 4) is 11.1 Å². The standard InChI is InChI=1S/C19H12F3N/c20-16-10-14(11-17(21)19(16)22)15-8-4-5-9-18(15)23-12-13-6-2-1-3-7-13/h1-12H/b23-12+. The first kappa shape index (κ1) is 15.0. The first-order chi connectivity index (χ1) is 11.1. The molecule has 0 fully saturated rings. The Labute approximate surface area is 131 Å². The van der Waals surface area contributed by atoms with Gasteiger partial charge in [0.25, 0.3) is 0 Å². The molecular weight excluding hydrogens is 299 g/mol. The summed E-state index contributed by atoms with van der Waals surface area (Å²) in [5, 5.41) is 0. The molecule has 0 heterocycles. The van der Waals surface area contributed by atoms with Crippen molar-refractivity contribution in [2.75, 3.05) is 0 Å². The largest absolute Gasteiger partial charge is 0.256 e. The zero-order valence-electron chi connectivity index (χ0n) is 12.0. The maximum absolute atomic E-state index is 13.5. The number of halogens is 3. The summed E-state index contributed by atoms with van der Waals surface area (Å²) in [6.45, 7) is 0. The Balaban J connectivity index is 2.03. The molecule has 0 spiro atoms. The third-order valence-corrected chi connectivity index (χ3v) is 3.35. The van der Waals surface area contributed by atoms with Gasteiger partial charge in [-0.15, -0.1) is 0 Å². The normalized spacial score (nSPS) is 11.1. The van der Waals surface area contributed by atoms with Crippen LogP contribution >= 0.6 is 0 Å². The molecule has 0 saturated carbocycles. The molecule has 0 aliphatic carbocycles. The van der Waals surface area contributed by atoms with Crippen LogP contribution in [0.3, 0.4) is 0 Å². The van der Waals surface area contributed by atoms with Crippen molar-refractivity contribution in [2.24, 2.45) is 4.99 Å². The number of rotatable bonds is 3. The molecule has 0 amide bonds. The highest BCUT2D eigenvalue weighted by atomic mass is 19.2. The highest BCUT2D eigenvalue weighted by Crippen LogP contribution is 2.31. The van der Waals surface area contributed by atoms with Crippen LogP contribution in [0.25, 0.3) is 11.1 Å². The van der Waals surface area contributed by atoms with Crippen LogP contribution < -0.4 is 0 Å². The van der Waals surface area contributed by atoms with Gasteiger partial charge in [0, 0.05) is 11.8 Å². The van der Waals surface area contributed by atoms with E-state index in [2.05, 4.69) is 4.99 Å². The van der Waals surface area contributed by atoms with Crippen molar-refractivity contribution in [1.29, 1.82) is 0 Å². The fourth-order valence-electron chi connectivity index (χ4n) is 2.22. The first-order valence-corrected chi connectivity index (χ1v) is 6.98. The van der Waals surface area contributed by atoms with Gasteiger partial charge in [-0.2, -0.15) is 0 Å². The van der Waals surface area contributed by atoms with Crippen LogP contribution in [0.2, 0.25) is 0 Å². The van der Waals surface area contributed by atoms with Gasteiger partial charge in [-0.1, -0.05) is 48.5 Å². The van der Waals surface area contributed by atoms with Crippen molar-refractivity contribution in [2.45, 2.75) is 0 Å². The summed E-state index contributed by atoms with van der Waals surface area (Å²) in [6, 6.07) is 18.3. The minimum Gasteiger partial charge on any atom is -0.256 e. The number of para-hydroxylation sites is 1. The average molecular weight is 311 g/mol. The molecule has 0 aliphatic rings. The van der Waals surface area contributed by atoms with E-state index in [4.69, 9.17) is 0 Å². The van der Waals surface area contributed by atoms with Crippen molar-refractivity contribution in [3.05, 3.63) is 89.7 Å². The summed E-state index contributed by atoms with van der Waals surface area (Å²) in [6.07, 6.45) is 1.66. The molecule has 0 aromatic heterocycles. The lowest BCUT2D eigenvalue weighted by atomic mass is 10.0. The molecule has 0 saturated heterocycles. The lowest BCUT2D eigenvalue weighted by molar-refractivity contribution is 0.448. The Morgan fingerprint density at radius 3 is 2.04 bits per heavy atom. The average Bonchev–Trinajstić information content (AvgIpc) is 2.58. The van der Waals surface area contributed by atoms with Gasteiger partial charge in [0.1, 0.15) is 0 Å². The molecule has 4 heteroatoms. The molecule has 0 radical (unpaired) electrons. The van der Waals surface area contributed by atoms with Crippen LogP contribution in [0.15, 0.2) is 71.7 Å². The zero-order valence-corrected chi connectivity index (χ0v) is 12.0. The fraction of sp³-hybridized carbons (Fsp3) is 0. The summed E-state index contributed by atoms with van der Waals surface area (Å²) < 4.78 is 40.0. The van der Waals surface area contributed by atoms with E-state index >= 15 is 0 Å². The topological polar surface area (TPSA) is 12.4 Å². The number of hydrogen-bond acceptors (Lipinski definition) is 1. The third-order valence-electron chi connectivity index (χ3n) is 3.35. The second-order valence-electron chi connectivity index (χ2n) is 4.94. The van der Waals surface area contributed by atoms with E-state index in [-0.39, 0.29) is 5.56 Å². The van der Waals surface area contributed by atoms with Crippen molar-refractivity contribution >= 4 is 11.9 Å². The van der Waals surface area contributed by atoms with Crippen LogP contribution in [-0.4, -0.2) is 6.21 Å². The van der Waals surface area contributed by atoms with E-state index in [1.54, 1.807) is 30.5 Å². The number of nitrogens with zero attached hydrogens (tertiary/aromatic N) is 1. The second-order valence-corrected chi connectivity index (χ2v) is 4.94. The monoisotopic (exact) mass is 311 g/mol. The third kappa shape index (κ3) is 3.31. The summed E-state index contributed by atoms with van der Waals surface area (Å²) in [7, 11) is 0. The molecular formula is C19H12F3N. The smallest absolute Gasteiger partial charge is 0.194 e. The summed E-state index contributed by atoms with van der Waals surface area (Å²) in [5.41, 5.74) is 2.21. The van der Waals surface area contributed by atoms with Crippen LogP contribution in [0.4, 0.5) is 18.9 Å². The molecule has 0 bridgehead atoms. The SMILES string of the molecule is Fc1cc(-c2ccccc2/N=C/c2ccccc2)cc(F)c1F. The van der Waals surface area contributed by atoms with Gasteiger partial charge < -0.3 is 0 Å². The van der Waals surface area contributed by atoms with Crippen LogP contribution in [-0.2, 0) is 0 Å². The van der Waals surface area contributed by atoms with Gasteiger partial charge in [-0.25, -0.2) is 13.2 Å².